The van der Waals surface area contributed by atoms with Gasteiger partial charge in [0.2, 0.25) is 11.6 Å². The Morgan fingerprint density at radius 2 is 1.47 bits per heavy atom. The maximum absolute atomic E-state index is 13.7. The number of fused-ring (bicyclic) bond motifs is 1. The zero-order chi connectivity index (χ0) is 27.7. The maximum Gasteiger partial charge on any atom is 0.229 e. The first-order valence-corrected chi connectivity index (χ1v) is 14.1. The molecule has 0 N–H and O–H groups in total. The topological polar surface area (TPSA) is 68.3 Å². The van der Waals surface area contributed by atoms with E-state index in [-0.39, 0.29) is 29.0 Å². The van der Waals surface area contributed by atoms with Gasteiger partial charge in [0.15, 0.2) is 5.78 Å². The van der Waals surface area contributed by atoms with Crippen molar-refractivity contribution in [2.75, 3.05) is 0 Å². The van der Waals surface area contributed by atoms with E-state index in [1.165, 1.54) is 11.1 Å². The van der Waals surface area contributed by atoms with Gasteiger partial charge in [-0.25, -0.2) is 0 Å². The average Bonchev–Trinajstić information content (AvgIpc) is 3.26. The Labute approximate surface area is 226 Å². The smallest absolute Gasteiger partial charge is 0.229 e. The SMILES string of the molecule is Cc1ccc(CC2CCC(C(=O)c3cc4c(cc3C)C(C(=O)C(C)C)C=C4C(=O)C(=O)C(C)C)CC2)cc1. The third-order valence-electron chi connectivity index (χ3n) is 8.35. The number of rotatable bonds is 9. The number of ketones is 4. The first-order chi connectivity index (χ1) is 18.0. The number of carbonyl (C=O) groups is 4. The lowest BCUT2D eigenvalue weighted by atomic mass is 9.75. The van der Waals surface area contributed by atoms with Crippen molar-refractivity contribution >= 4 is 28.7 Å². The minimum atomic E-state index is -0.570. The van der Waals surface area contributed by atoms with Crippen LogP contribution >= 0.6 is 0 Å². The van der Waals surface area contributed by atoms with E-state index in [0.29, 0.717) is 17.0 Å². The van der Waals surface area contributed by atoms with Crippen molar-refractivity contribution in [1.29, 1.82) is 0 Å². The highest BCUT2D eigenvalue weighted by Crippen LogP contribution is 2.41. The van der Waals surface area contributed by atoms with Gasteiger partial charge in [0.05, 0.1) is 5.92 Å². The largest absolute Gasteiger partial charge is 0.298 e. The molecule has 2 aliphatic carbocycles. The average molecular weight is 513 g/mol. The van der Waals surface area contributed by atoms with Gasteiger partial charge in [0, 0.05) is 28.9 Å². The van der Waals surface area contributed by atoms with Gasteiger partial charge in [-0.05, 0) is 80.2 Å². The fraction of sp³-hybridized carbons (Fsp3) is 0.471. The van der Waals surface area contributed by atoms with E-state index in [2.05, 4.69) is 31.2 Å². The van der Waals surface area contributed by atoms with Crippen molar-refractivity contribution in [1.82, 2.24) is 0 Å². The molecule has 4 rings (SSSR count). The molecule has 2 aromatic rings. The Morgan fingerprint density at radius 3 is 2.05 bits per heavy atom. The van der Waals surface area contributed by atoms with E-state index in [1.54, 1.807) is 26.0 Å². The summed E-state index contributed by atoms with van der Waals surface area (Å²) in [5.41, 5.74) is 5.64. The molecule has 4 nitrogen and oxygen atoms in total. The zero-order valence-corrected chi connectivity index (χ0v) is 23.6. The molecule has 0 radical (unpaired) electrons. The molecule has 0 aliphatic heterocycles. The Bertz CT molecular complexity index is 1280. The van der Waals surface area contributed by atoms with Crippen LogP contribution in [0, 0.1) is 37.5 Å². The van der Waals surface area contributed by atoms with Crippen molar-refractivity contribution in [3.05, 3.63) is 75.9 Å². The molecule has 0 heterocycles. The maximum atomic E-state index is 13.7. The van der Waals surface area contributed by atoms with Crippen molar-refractivity contribution < 1.29 is 19.2 Å². The lowest BCUT2D eigenvalue weighted by molar-refractivity contribution is -0.135. The van der Waals surface area contributed by atoms with E-state index >= 15 is 0 Å². The standard InChI is InChI=1S/C34H40O4/c1-19(2)31(35)29-18-30(34(38)32(36)20(3)4)28-17-26(22(6)15-27(28)29)33(37)25-13-11-24(12-14-25)16-23-9-7-21(5)8-10-23/h7-10,15,17-20,24-25,29H,11-14,16H2,1-6H3. The molecule has 0 saturated heterocycles. The number of aryl methyl sites for hydroxylation is 2. The molecule has 200 valence electrons. The summed E-state index contributed by atoms with van der Waals surface area (Å²) in [6, 6.07) is 12.4. The van der Waals surface area contributed by atoms with Gasteiger partial charge in [0.25, 0.3) is 0 Å². The van der Waals surface area contributed by atoms with Crippen LogP contribution in [-0.4, -0.2) is 23.1 Å². The van der Waals surface area contributed by atoms with Gasteiger partial charge in [-0.3, -0.25) is 19.2 Å². The lowest BCUT2D eigenvalue weighted by Gasteiger charge is -2.28. The molecule has 0 bridgehead atoms. The monoisotopic (exact) mass is 512 g/mol. The van der Waals surface area contributed by atoms with E-state index < -0.39 is 23.4 Å². The van der Waals surface area contributed by atoms with Crippen LogP contribution in [0.15, 0.2) is 42.5 Å². The second kappa shape index (κ2) is 11.3. The quantitative estimate of drug-likeness (QED) is 0.267. The summed E-state index contributed by atoms with van der Waals surface area (Å²) >= 11 is 0. The Kier molecular flexibility index (Phi) is 8.30. The predicted molar refractivity (Wildman–Crippen MR) is 151 cm³/mol. The van der Waals surface area contributed by atoms with Crippen LogP contribution in [0.2, 0.25) is 0 Å². The third-order valence-corrected chi connectivity index (χ3v) is 8.35. The summed E-state index contributed by atoms with van der Waals surface area (Å²) in [7, 11) is 0. The van der Waals surface area contributed by atoms with Gasteiger partial charge in [-0.1, -0.05) is 69.7 Å². The first kappa shape index (κ1) is 27.9. The van der Waals surface area contributed by atoms with E-state index in [9.17, 15) is 19.2 Å². The Balaban J connectivity index is 1.57. The van der Waals surface area contributed by atoms with Gasteiger partial charge in [-0.15, -0.1) is 0 Å². The molecule has 38 heavy (non-hydrogen) atoms. The number of hydrogen-bond donors (Lipinski definition) is 0. The Morgan fingerprint density at radius 1 is 0.842 bits per heavy atom. The van der Waals surface area contributed by atoms with Crippen molar-refractivity contribution in [3.8, 4) is 0 Å². The van der Waals surface area contributed by atoms with E-state index in [4.69, 9.17) is 0 Å². The molecule has 0 aromatic heterocycles. The van der Waals surface area contributed by atoms with Crippen LogP contribution in [-0.2, 0) is 20.8 Å². The number of Topliss-reactive ketones (excluding diaryl/α,β-unsaturated/α-hetero) is 4. The lowest BCUT2D eigenvalue weighted by Crippen LogP contribution is -2.24. The summed E-state index contributed by atoms with van der Waals surface area (Å²) in [6.07, 6.45) is 6.45. The zero-order valence-electron chi connectivity index (χ0n) is 23.6. The van der Waals surface area contributed by atoms with Gasteiger partial charge < -0.3 is 0 Å². The van der Waals surface area contributed by atoms with Crippen LogP contribution in [0.1, 0.15) is 97.5 Å². The minimum absolute atomic E-state index is 0.0106. The fourth-order valence-electron chi connectivity index (χ4n) is 5.93. The van der Waals surface area contributed by atoms with Crippen LogP contribution in [0.25, 0.3) is 5.57 Å². The third kappa shape index (κ3) is 5.65. The summed E-state index contributed by atoms with van der Waals surface area (Å²) < 4.78 is 0. The van der Waals surface area contributed by atoms with Crippen molar-refractivity contribution in [3.63, 3.8) is 0 Å². The van der Waals surface area contributed by atoms with Gasteiger partial charge in [-0.2, -0.15) is 0 Å². The van der Waals surface area contributed by atoms with Crippen molar-refractivity contribution in [2.24, 2.45) is 23.7 Å². The second-order valence-corrected chi connectivity index (χ2v) is 12.0. The molecule has 0 spiro atoms. The highest BCUT2D eigenvalue weighted by Gasteiger charge is 2.37. The highest BCUT2D eigenvalue weighted by atomic mass is 16.2. The fourth-order valence-corrected chi connectivity index (χ4v) is 5.93. The van der Waals surface area contributed by atoms with E-state index in [1.807, 2.05) is 26.8 Å². The Hall–Kier alpha value is -3.14. The van der Waals surface area contributed by atoms with Gasteiger partial charge in [0.1, 0.15) is 5.78 Å². The number of carbonyl (C=O) groups excluding carboxylic acids is 4. The summed E-state index contributed by atoms with van der Waals surface area (Å²) in [4.78, 5) is 52.5. The van der Waals surface area contributed by atoms with E-state index in [0.717, 1.165) is 43.2 Å². The first-order valence-electron chi connectivity index (χ1n) is 14.1. The normalized spacial score (nSPS) is 20.8. The molecule has 1 unspecified atom stereocenters. The summed E-state index contributed by atoms with van der Waals surface area (Å²) in [5.74, 6) is -1.60. The summed E-state index contributed by atoms with van der Waals surface area (Å²) in [5, 5.41) is 0. The van der Waals surface area contributed by atoms with Crippen LogP contribution in [0.3, 0.4) is 0 Å². The predicted octanol–water partition coefficient (Wildman–Crippen LogP) is 7.04. The molecule has 0 amide bonds. The minimum Gasteiger partial charge on any atom is -0.298 e. The molecule has 1 fully saturated rings. The molecular formula is C34H40O4. The molecule has 1 saturated carbocycles. The van der Waals surface area contributed by atoms with Crippen LogP contribution in [0.5, 0.6) is 0 Å². The number of benzene rings is 2. The van der Waals surface area contributed by atoms with Gasteiger partial charge >= 0.3 is 0 Å². The number of hydrogen-bond acceptors (Lipinski definition) is 4. The van der Waals surface area contributed by atoms with Crippen LogP contribution in [0.4, 0.5) is 0 Å². The molecule has 4 heteroatoms. The molecule has 1 atom stereocenters. The second-order valence-electron chi connectivity index (χ2n) is 12.0. The molecule has 2 aliphatic rings. The molecular weight excluding hydrogens is 472 g/mol. The summed E-state index contributed by atoms with van der Waals surface area (Å²) in [6.45, 7) is 11.1. The number of allylic oxidation sites excluding steroid dienone is 2. The van der Waals surface area contributed by atoms with Crippen LogP contribution < -0.4 is 0 Å². The van der Waals surface area contributed by atoms with Crippen molar-refractivity contribution in [2.45, 2.75) is 79.6 Å². The highest BCUT2D eigenvalue weighted by molar-refractivity contribution is 6.55. The molecule has 2 aromatic carbocycles.